The summed E-state index contributed by atoms with van der Waals surface area (Å²) in [6.45, 7) is 4.22. The zero-order chi connectivity index (χ0) is 20.5. The van der Waals surface area contributed by atoms with Gasteiger partial charge in [0.05, 0.1) is 12.3 Å². The zero-order valence-corrected chi connectivity index (χ0v) is 16.7. The molecule has 0 unspecified atom stereocenters. The average molecular weight is 383 g/mol. The number of nitrogens with one attached hydrogen (secondary N) is 2. The van der Waals surface area contributed by atoms with Crippen LogP contribution in [0.5, 0.6) is 0 Å². The molecule has 3 rings (SSSR count). The minimum Gasteiger partial charge on any atom is -0.376 e. The monoisotopic (exact) mass is 383 g/mol. The van der Waals surface area contributed by atoms with Gasteiger partial charge in [-0.3, -0.25) is 4.79 Å². The summed E-state index contributed by atoms with van der Waals surface area (Å²) in [5.41, 5.74) is 8.59. The van der Waals surface area contributed by atoms with Crippen molar-refractivity contribution < 1.29 is 4.79 Å². The van der Waals surface area contributed by atoms with Crippen molar-refractivity contribution in [2.24, 2.45) is 5.10 Å². The Morgan fingerprint density at radius 2 is 1.62 bits per heavy atom. The first-order valence-corrected chi connectivity index (χ1v) is 9.58. The summed E-state index contributed by atoms with van der Waals surface area (Å²) in [6, 6.07) is 25.9. The lowest BCUT2D eigenvalue weighted by atomic mass is 10.1. The number of hydrogen-bond acceptors (Lipinski definition) is 3. The van der Waals surface area contributed by atoms with Gasteiger partial charge < -0.3 is 5.32 Å². The molecule has 4 nitrogen and oxygen atoms in total. The van der Waals surface area contributed by atoms with Crippen LogP contribution in [0.25, 0.3) is 6.08 Å². The Morgan fingerprint density at radius 1 is 0.931 bits per heavy atom. The molecule has 0 spiro atoms. The Bertz CT molecular complexity index is 1010. The van der Waals surface area contributed by atoms with Crippen molar-refractivity contribution in [1.82, 2.24) is 5.43 Å². The molecule has 0 aliphatic heterocycles. The van der Waals surface area contributed by atoms with E-state index in [4.69, 9.17) is 0 Å². The maximum absolute atomic E-state index is 12.3. The van der Waals surface area contributed by atoms with Gasteiger partial charge in [0.25, 0.3) is 5.91 Å². The second-order valence-corrected chi connectivity index (χ2v) is 6.81. The van der Waals surface area contributed by atoms with Gasteiger partial charge in [0.1, 0.15) is 0 Å². The van der Waals surface area contributed by atoms with Gasteiger partial charge in [0.15, 0.2) is 0 Å². The SMILES string of the molecule is Cc1ccc(NCC(=O)N/N=C(/C=C/c2ccccc2)c2ccccc2)c(C)c1. The maximum atomic E-state index is 12.3. The number of carbonyl (C=O) groups is 1. The quantitative estimate of drug-likeness (QED) is 0.448. The van der Waals surface area contributed by atoms with Gasteiger partial charge in [-0.25, -0.2) is 5.43 Å². The smallest absolute Gasteiger partial charge is 0.259 e. The predicted molar refractivity (Wildman–Crippen MR) is 121 cm³/mol. The van der Waals surface area contributed by atoms with Crippen LogP contribution >= 0.6 is 0 Å². The molecule has 29 heavy (non-hydrogen) atoms. The lowest BCUT2D eigenvalue weighted by Crippen LogP contribution is -2.27. The van der Waals surface area contributed by atoms with Gasteiger partial charge in [-0.15, -0.1) is 0 Å². The third-order valence-electron chi connectivity index (χ3n) is 4.43. The highest BCUT2D eigenvalue weighted by molar-refractivity contribution is 6.11. The average Bonchev–Trinajstić information content (AvgIpc) is 2.74. The number of allylic oxidation sites excluding steroid dienone is 1. The topological polar surface area (TPSA) is 53.5 Å². The lowest BCUT2D eigenvalue weighted by Gasteiger charge is -2.09. The molecule has 0 saturated heterocycles. The fraction of sp³-hybridized carbons (Fsp3) is 0.120. The van der Waals surface area contributed by atoms with Crippen LogP contribution in [0, 0.1) is 13.8 Å². The number of amides is 1. The summed E-state index contributed by atoms with van der Waals surface area (Å²) in [5, 5.41) is 7.51. The Morgan fingerprint density at radius 3 is 2.31 bits per heavy atom. The number of hydrogen-bond donors (Lipinski definition) is 2. The van der Waals surface area contributed by atoms with E-state index in [-0.39, 0.29) is 12.5 Å². The van der Waals surface area contributed by atoms with Gasteiger partial charge in [-0.05, 0) is 37.1 Å². The number of benzene rings is 3. The molecule has 2 N–H and O–H groups in total. The van der Waals surface area contributed by atoms with Crippen molar-refractivity contribution in [3.63, 3.8) is 0 Å². The molecule has 0 atom stereocenters. The molecule has 0 bridgehead atoms. The number of carbonyl (C=O) groups excluding carboxylic acids is 1. The van der Waals surface area contributed by atoms with Crippen LogP contribution in [0.1, 0.15) is 22.3 Å². The lowest BCUT2D eigenvalue weighted by molar-refractivity contribution is -0.119. The Labute approximate surface area is 172 Å². The van der Waals surface area contributed by atoms with E-state index in [1.165, 1.54) is 5.56 Å². The van der Waals surface area contributed by atoms with Gasteiger partial charge in [0.2, 0.25) is 0 Å². The largest absolute Gasteiger partial charge is 0.376 e. The van der Waals surface area contributed by atoms with Crippen LogP contribution in [0.3, 0.4) is 0 Å². The molecule has 0 fully saturated rings. The first-order valence-electron chi connectivity index (χ1n) is 9.58. The van der Waals surface area contributed by atoms with E-state index in [1.54, 1.807) is 0 Å². The van der Waals surface area contributed by atoms with Crippen molar-refractivity contribution in [3.05, 3.63) is 107 Å². The minimum atomic E-state index is -0.202. The van der Waals surface area contributed by atoms with E-state index in [1.807, 2.05) is 98.8 Å². The van der Waals surface area contributed by atoms with Crippen molar-refractivity contribution in [2.45, 2.75) is 13.8 Å². The normalized spacial score (nSPS) is 11.4. The first kappa shape index (κ1) is 20.1. The molecule has 0 heterocycles. The van der Waals surface area contributed by atoms with E-state index in [0.717, 1.165) is 22.4 Å². The highest BCUT2D eigenvalue weighted by Crippen LogP contribution is 2.15. The summed E-state index contributed by atoms with van der Waals surface area (Å²) in [4.78, 5) is 12.3. The summed E-state index contributed by atoms with van der Waals surface area (Å²) < 4.78 is 0. The summed E-state index contributed by atoms with van der Waals surface area (Å²) in [7, 11) is 0. The molecule has 0 aliphatic carbocycles. The predicted octanol–water partition coefficient (Wildman–Crippen LogP) is 4.95. The van der Waals surface area contributed by atoms with Crippen LogP contribution < -0.4 is 10.7 Å². The Hall–Kier alpha value is -3.66. The number of rotatable bonds is 7. The van der Waals surface area contributed by atoms with Crippen LogP contribution in [-0.4, -0.2) is 18.2 Å². The van der Waals surface area contributed by atoms with E-state index in [2.05, 4.69) is 21.9 Å². The number of nitrogens with zero attached hydrogens (tertiary/aromatic N) is 1. The number of aryl methyl sites for hydroxylation is 2. The number of anilines is 1. The van der Waals surface area contributed by atoms with Crippen molar-refractivity contribution in [1.29, 1.82) is 0 Å². The minimum absolute atomic E-state index is 0.151. The fourth-order valence-electron chi connectivity index (χ4n) is 2.90. The molecule has 3 aromatic rings. The third kappa shape index (κ3) is 6.18. The summed E-state index contributed by atoms with van der Waals surface area (Å²) in [5.74, 6) is -0.202. The second-order valence-electron chi connectivity index (χ2n) is 6.81. The van der Waals surface area contributed by atoms with E-state index in [0.29, 0.717) is 5.71 Å². The molecule has 0 aromatic heterocycles. The van der Waals surface area contributed by atoms with Gasteiger partial charge >= 0.3 is 0 Å². The Kier molecular flexibility index (Phi) is 6.95. The van der Waals surface area contributed by atoms with Crippen LogP contribution in [0.15, 0.2) is 90.0 Å². The van der Waals surface area contributed by atoms with Gasteiger partial charge in [-0.1, -0.05) is 84.4 Å². The maximum Gasteiger partial charge on any atom is 0.259 e. The standard InChI is InChI=1S/C25H25N3O/c1-19-13-15-23(20(2)17-19)26-18-25(29)28-27-24(22-11-7-4-8-12-22)16-14-21-9-5-3-6-10-21/h3-17,26H,18H2,1-2H3,(H,28,29)/b16-14+,27-24-. The van der Waals surface area contributed by atoms with E-state index in [9.17, 15) is 4.79 Å². The van der Waals surface area contributed by atoms with Crippen LogP contribution in [0.2, 0.25) is 0 Å². The fourth-order valence-corrected chi connectivity index (χ4v) is 2.90. The van der Waals surface area contributed by atoms with Crippen LogP contribution in [0.4, 0.5) is 5.69 Å². The Balaban J connectivity index is 1.68. The molecular weight excluding hydrogens is 358 g/mol. The summed E-state index contributed by atoms with van der Waals surface area (Å²) in [6.07, 6.45) is 3.88. The number of hydrazone groups is 1. The first-order chi connectivity index (χ1) is 14.1. The van der Waals surface area contributed by atoms with Gasteiger partial charge in [-0.2, -0.15) is 5.10 Å². The molecule has 1 amide bonds. The molecule has 3 aromatic carbocycles. The highest BCUT2D eigenvalue weighted by Gasteiger charge is 2.04. The molecule has 146 valence electrons. The molecule has 4 heteroatoms. The van der Waals surface area contributed by atoms with Crippen molar-refractivity contribution in [2.75, 3.05) is 11.9 Å². The van der Waals surface area contributed by atoms with Crippen molar-refractivity contribution in [3.8, 4) is 0 Å². The highest BCUT2D eigenvalue weighted by atomic mass is 16.2. The second kappa shape index (κ2) is 10.0. The molecule has 0 radical (unpaired) electrons. The third-order valence-corrected chi connectivity index (χ3v) is 4.43. The zero-order valence-electron chi connectivity index (χ0n) is 16.7. The van der Waals surface area contributed by atoms with Crippen molar-refractivity contribution >= 4 is 23.4 Å². The summed E-state index contributed by atoms with van der Waals surface area (Å²) >= 11 is 0. The molecule has 0 saturated carbocycles. The van der Waals surface area contributed by atoms with Gasteiger partial charge in [0, 0.05) is 11.3 Å². The van der Waals surface area contributed by atoms with Crippen LogP contribution in [-0.2, 0) is 4.79 Å². The molecular formula is C25H25N3O. The van der Waals surface area contributed by atoms with E-state index >= 15 is 0 Å². The van der Waals surface area contributed by atoms with E-state index < -0.39 is 0 Å². The molecule has 0 aliphatic rings.